The molecule has 1 N–H and O–H groups in total. The van der Waals surface area contributed by atoms with Crippen LogP contribution in [0.4, 0.5) is 10.1 Å². The van der Waals surface area contributed by atoms with E-state index >= 15 is 0 Å². The first-order valence-corrected chi connectivity index (χ1v) is 8.17. The van der Waals surface area contributed by atoms with Crippen LogP contribution in [-0.4, -0.2) is 36.4 Å². The van der Waals surface area contributed by atoms with Crippen LogP contribution in [0.5, 0.6) is 0 Å². The number of rotatable bonds is 1. The average molecular weight is 286 g/mol. The third kappa shape index (κ3) is 1.91. The number of halogens is 1. The van der Waals surface area contributed by atoms with Gasteiger partial charge in [0, 0.05) is 10.9 Å². The number of nitrogens with zero attached hydrogens (tertiary/aromatic N) is 1. The lowest BCUT2D eigenvalue weighted by molar-refractivity contribution is 0.601. The van der Waals surface area contributed by atoms with Crippen LogP contribution in [0.1, 0.15) is 0 Å². The normalized spacial score (nSPS) is 29.6. The van der Waals surface area contributed by atoms with Gasteiger partial charge in [-0.25, -0.2) is 12.8 Å². The molecule has 2 unspecified atom stereocenters. The maximum atomic E-state index is 12.9. The van der Waals surface area contributed by atoms with Crippen molar-refractivity contribution in [1.29, 1.82) is 5.41 Å². The van der Waals surface area contributed by atoms with Crippen molar-refractivity contribution in [1.82, 2.24) is 0 Å². The highest BCUT2D eigenvalue weighted by atomic mass is 32.2. The van der Waals surface area contributed by atoms with Gasteiger partial charge in [-0.05, 0) is 24.3 Å². The first-order valence-electron chi connectivity index (χ1n) is 5.47. The third-order valence-corrected chi connectivity index (χ3v) is 6.32. The van der Waals surface area contributed by atoms with E-state index in [0.717, 1.165) is 0 Å². The Morgan fingerprint density at radius 1 is 1.28 bits per heavy atom. The minimum atomic E-state index is -3.01. The van der Waals surface area contributed by atoms with Gasteiger partial charge in [0.1, 0.15) is 5.82 Å². The van der Waals surface area contributed by atoms with Gasteiger partial charge in [-0.2, -0.15) is 0 Å². The minimum absolute atomic E-state index is 0.0738. The highest BCUT2D eigenvalue weighted by Gasteiger charge is 2.48. The van der Waals surface area contributed by atoms with Crippen LogP contribution in [0, 0.1) is 11.2 Å². The Labute approximate surface area is 109 Å². The number of fused-ring (bicyclic) bond motifs is 1. The number of thioether (sulfide) groups is 1. The van der Waals surface area contributed by atoms with Gasteiger partial charge in [-0.3, -0.25) is 5.41 Å². The fraction of sp³-hybridized carbons (Fsp3) is 0.364. The Balaban J connectivity index is 1.96. The maximum Gasteiger partial charge on any atom is 0.161 e. The highest BCUT2D eigenvalue weighted by Crippen LogP contribution is 2.40. The van der Waals surface area contributed by atoms with E-state index in [1.54, 1.807) is 17.0 Å². The van der Waals surface area contributed by atoms with E-state index in [1.165, 1.54) is 23.9 Å². The summed E-state index contributed by atoms with van der Waals surface area (Å²) >= 11 is 1.28. The molecule has 18 heavy (non-hydrogen) atoms. The Hall–Kier alpha value is -1.08. The lowest BCUT2D eigenvalue weighted by Gasteiger charge is -2.23. The molecule has 2 saturated heterocycles. The zero-order valence-corrected chi connectivity index (χ0v) is 11.0. The molecular formula is C11H11FN2O2S2. The second-order valence-corrected chi connectivity index (χ2v) is 7.83. The number of hydrogen-bond acceptors (Lipinski definition) is 4. The average Bonchev–Trinajstić information content (AvgIpc) is 2.70. The van der Waals surface area contributed by atoms with Gasteiger partial charge in [-0.1, -0.05) is 11.8 Å². The second kappa shape index (κ2) is 3.96. The van der Waals surface area contributed by atoms with E-state index in [-0.39, 0.29) is 28.6 Å². The summed E-state index contributed by atoms with van der Waals surface area (Å²) in [6.45, 7) is 0. The first-order chi connectivity index (χ1) is 8.46. The molecule has 0 amide bonds. The molecule has 0 radical (unpaired) electrons. The summed E-state index contributed by atoms with van der Waals surface area (Å²) in [4.78, 5) is 1.69. The topological polar surface area (TPSA) is 61.2 Å². The van der Waals surface area contributed by atoms with Gasteiger partial charge in [-0.15, -0.1) is 0 Å². The molecule has 0 bridgehead atoms. The van der Waals surface area contributed by atoms with E-state index in [4.69, 9.17) is 5.41 Å². The maximum absolute atomic E-state index is 12.9. The van der Waals surface area contributed by atoms with E-state index in [1.807, 2.05) is 0 Å². The lowest BCUT2D eigenvalue weighted by Crippen LogP contribution is -2.37. The fourth-order valence-corrected chi connectivity index (χ4v) is 6.20. The van der Waals surface area contributed by atoms with Crippen LogP contribution < -0.4 is 4.90 Å². The molecule has 3 rings (SSSR count). The molecule has 7 heteroatoms. The van der Waals surface area contributed by atoms with Gasteiger partial charge < -0.3 is 4.90 Å². The summed E-state index contributed by atoms with van der Waals surface area (Å²) in [6.07, 6.45) is 0. The molecule has 4 nitrogen and oxygen atoms in total. The van der Waals surface area contributed by atoms with Crippen molar-refractivity contribution < 1.29 is 12.8 Å². The Kier molecular flexibility index (Phi) is 2.63. The Morgan fingerprint density at radius 2 is 1.94 bits per heavy atom. The Morgan fingerprint density at radius 3 is 2.61 bits per heavy atom. The van der Waals surface area contributed by atoms with Gasteiger partial charge in [0.25, 0.3) is 0 Å². The molecule has 0 aromatic heterocycles. The van der Waals surface area contributed by atoms with Gasteiger partial charge >= 0.3 is 0 Å². The van der Waals surface area contributed by atoms with Crippen LogP contribution >= 0.6 is 11.8 Å². The molecular weight excluding hydrogens is 275 g/mol. The predicted octanol–water partition coefficient (Wildman–Crippen LogP) is 1.48. The molecule has 96 valence electrons. The summed E-state index contributed by atoms with van der Waals surface area (Å²) < 4.78 is 36.1. The zero-order valence-electron chi connectivity index (χ0n) is 9.34. The van der Waals surface area contributed by atoms with Crippen LogP contribution in [-0.2, 0) is 9.84 Å². The monoisotopic (exact) mass is 286 g/mol. The SMILES string of the molecule is N=C1SC2CS(=O)(=O)CC2N1c1ccc(F)cc1. The second-order valence-electron chi connectivity index (χ2n) is 4.45. The highest BCUT2D eigenvalue weighted by molar-refractivity contribution is 8.15. The molecule has 1 aromatic carbocycles. The summed E-state index contributed by atoms with van der Waals surface area (Å²) in [7, 11) is -3.01. The molecule has 2 aliphatic rings. The van der Waals surface area contributed by atoms with Crippen LogP contribution in [0.15, 0.2) is 24.3 Å². The first kappa shape index (κ1) is 12.0. The van der Waals surface area contributed by atoms with E-state index in [2.05, 4.69) is 0 Å². The van der Waals surface area contributed by atoms with Gasteiger partial charge in [0.2, 0.25) is 0 Å². The third-order valence-electron chi connectivity index (χ3n) is 3.19. The van der Waals surface area contributed by atoms with Crippen LogP contribution in [0.2, 0.25) is 0 Å². The van der Waals surface area contributed by atoms with Crippen LogP contribution in [0.25, 0.3) is 0 Å². The number of amidine groups is 1. The van der Waals surface area contributed by atoms with Crippen molar-refractivity contribution in [2.24, 2.45) is 0 Å². The molecule has 2 atom stereocenters. The smallest absolute Gasteiger partial charge is 0.161 e. The molecule has 0 aliphatic carbocycles. The largest absolute Gasteiger partial charge is 0.316 e. The standard InChI is InChI=1S/C11H11FN2O2S2/c12-7-1-3-8(4-2-7)14-9-5-18(15,16)6-10(9)17-11(14)13/h1-4,9-10,13H,5-6H2. The molecule has 1 aromatic rings. The summed E-state index contributed by atoms with van der Waals surface area (Å²) in [6, 6.07) is 5.61. The molecule has 2 aliphatic heterocycles. The minimum Gasteiger partial charge on any atom is -0.316 e. The van der Waals surface area contributed by atoms with Crippen molar-refractivity contribution >= 4 is 32.5 Å². The molecule has 2 fully saturated rings. The number of sulfone groups is 1. The fourth-order valence-electron chi connectivity index (χ4n) is 2.41. The number of anilines is 1. The van der Waals surface area contributed by atoms with Crippen molar-refractivity contribution in [3.05, 3.63) is 30.1 Å². The summed E-state index contributed by atoms with van der Waals surface area (Å²) in [5.41, 5.74) is 0.679. The Bertz CT molecular complexity index is 600. The number of hydrogen-bond donors (Lipinski definition) is 1. The summed E-state index contributed by atoms with van der Waals surface area (Å²) in [5.74, 6) is -0.139. The van der Waals surface area contributed by atoms with E-state index in [0.29, 0.717) is 10.9 Å². The van der Waals surface area contributed by atoms with E-state index in [9.17, 15) is 12.8 Å². The summed E-state index contributed by atoms with van der Waals surface area (Å²) in [5, 5.41) is 8.19. The van der Waals surface area contributed by atoms with Gasteiger partial charge in [0.05, 0.1) is 17.5 Å². The van der Waals surface area contributed by atoms with Crippen molar-refractivity contribution in [3.8, 4) is 0 Å². The van der Waals surface area contributed by atoms with Crippen molar-refractivity contribution in [3.63, 3.8) is 0 Å². The predicted molar refractivity (Wildman–Crippen MR) is 70.4 cm³/mol. The quantitative estimate of drug-likeness (QED) is 0.849. The van der Waals surface area contributed by atoms with Gasteiger partial charge in [0.15, 0.2) is 15.0 Å². The van der Waals surface area contributed by atoms with Crippen molar-refractivity contribution in [2.75, 3.05) is 16.4 Å². The van der Waals surface area contributed by atoms with Crippen LogP contribution in [0.3, 0.4) is 0 Å². The van der Waals surface area contributed by atoms with Crippen molar-refractivity contribution in [2.45, 2.75) is 11.3 Å². The zero-order chi connectivity index (χ0) is 12.9. The molecule has 0 spiro atoms. The number of benzene rings is 1. The number of nitrogens with one attached hydrogen (secondary N) is 1. The lowest BCUT2D eigenvalue weighted by atomic mass is 10.2. The van der Waals surface area contributed by atoms with E-state index < -0.39 is 9.84 Å². The molecule has 2 heterocycles. The molecule has 0 saturated carbocycles.